The Morgan fingerprint density at radius 2 is 2.21 bits per heavy atom. The highest BCUT2D eigenvalue weighted by atomic mass is 35.5. The molecule has 5 heteroatoms. The number of nitrogens with zero attached hydrogens (tertiary/aromatic N) is 1. The second-order valence-electron chi connectivity index (χ2n) is 4.29. The Labute approximate surface area is 116 Å². The van der Waals surface area contributed by atoms with Crippen molar-refractivity contribution < 1.29 is 4.39 Å². The number of aromatic nitrogens is 1. The summed E-state index contributed by atoms with van der Waals surface area (Å²) in [4.78, 5) is 4.09. The number of hydrogen-bond donors (Lipinski definition) is 2. The van der Waals surface area contributed by atoms with Gasteiger partial charge in [0, 0.05) is 18.9 Å². The normalized spacial score (nSPS) is 12.2. The Balaban J connectivity index is 2.29. The second kappa shape index (κ2) is 5.99. The van der Waals surface area contributed by atoms with E-state index in [1.165, 1.54) is 18.2 Å². The predicted molar refractivity (Wildman–Crippen MR) is 75.8 cm³/mol. The van der Waals surface area contributed by atoms with Crippen LogP contribution in [0, 0.1) is 12.7 Å². The molecular formula is C14H15ClFN3. The summed E-state index contributed by atoms with van der Waals surface area (Å²) in [5.74, 6) is -0.342. The maximum absolute atomic E-state index is 13.2. The van der Waals surface area contributed by atoms with Gasteiger partial charge in [-0.1, -0.05) is 11.6 Å². The Hall–Kier alpha value is -1.65. The number of benzene rings is 1. The maximum atomic E-state index is 13.2. The number of hydrogen-bond acceptors (Lipinski definition) is 3. The first-order valence-electron chi connectivity index (χ1n) is 5.94. The summed E-state index contributed by atoms with van der Waals surface area (Å²) in [7, 11) is 0. The average Bonchev–Trinajstić information content (AvgIpc) is 2.41. The molecule has 0 fully saturated rings. The topological polar surface area (TPSA) is 50.9 Å². The summed E-state index contributed by atoms with van der Waals surface area (Å²) in [6, 6.07) is 5.94. The van der Waals surface area contributed by atoms with E-state index < -0.39 is 0 Å². The molecule has 3 nitrogen and oxygen atoms in total. The zero-order chi connectivity index (χ0) is 13.8. The fourth-order valence-corrected chi connectivity index (χ4v) is 2.07. The van der Waals surface area contributed by atoms with Crippen LogP contribution in [-0.4, -0.2) is 11.5 Å². The van der Waals surface area contributed by atoms with Crippen LogP contribution in [0.2, 0.25) is 5.02 Å². The van der Waals surface area contributed by atoms with Crippen molar-refractivity contribution in [2.75, 3.05) is 11.9 Å². The molecule has 0 aliphatic rings. The molecule has 2 rings (SSSR count). The second-order valence-corrected chi connectivity index (χ2v) is 4.70. The Morgan fingerprint density at radius 3 is 2.89 bits per heavy atom. The number of pyridine rings is 1. The van der Waals surface area contributed by atoms with Crippen LogP contribution in [-0.2, 0) is 0 Å². The SMILES string of the molecule is Cc1ccncc1C(CN)Nc1cc(F)ccc1Cl. The van der Waals surface area contributed by atoms with E-state index in [1.54, 1.807) is 12.4 Å². The summed E-state index contributed by atoms with van der Waals surface area (Å²) in [6.45, 7) is 2.34. The molecule has 1 heterocycles. The molecule has 0 saturated carbocycles. The summed E-state index contributed by atoms with van der Waals surface area (Å²) >= 11 is 6.04. The highest BCUT2D eigenvalue weighted by Crippen LogP contribution is 2.27. The Bertz CT molecular complexity index is 574. The van der Waals surface area contributed by atoms with E-state index in [2.05, 4.69) is 10.3 Å². The van der Waals surface area contributed by atoms with Crippen molar-refractivity contribution in [3.05, 3.63) is 58.6 Å². The predicted octanol–water partition coefficient (Wildman–Crippen LogP) is 3.29. The van der Waals surface area contributed by atoms with Crippen molar-refractivity contribution in [2.24, 2.45) is 5.73 Å². The van der Waals surface area contributed by atoms with Gasteiger partial charge in [-0.2, -0.15) is 0 Å². The lowest BCUT2D eigenvalue weighted by molar-refractivity contribution is 0.627. The summed E-state index contributed by atoms with van der Waals surface area (Å²) in [5, 5.41) is 3.62. The highest BCUT2D eigenvalue weighted by Gasteiger charge is 2.14. The summed E-state index contributed by atoms with van der Waals surface area (Å²) in [5.41, 5.74) is 8.36. The number of halogens is 2. The summed E-state index contributed by atoms with van der Waals surface area (Å²) in [6.07, 6.45) is 3.48. The average molecular weight is 280 g/mol. The van der Waals surface area contributed by atoms with Crippen molar-refractivity contribution in [3.8, 4) is 0 Å². The molecule has 100 valence electrons. The van der Waals surface area contributed by atoms with Gasteiger partial charge >= 0.3 is 0 Å². The van der Waals surface area contributed by atoms with Crippen LogP contribution in [0.25, 0.3) is 0 Å². The number of nitrogens with one attached hydrogen (secondary N) is 1. The molecule has 2 aromatic rings. The largest absolute Gasteiger partial charge is 0.376 e. The molecule has 1 aromatic carbocycles. The van der Waals surface area contributed by atoms with Crippen molar-refractivity contribution >= 4 is 17.3 Å². The smallest absolute Gasteiger partial charge is 0.125 e. The Kier molecular flexibility index (Phi) is 4.35. The van der Waals surface area contributed by atoms with Gasteiger partial charge in [0.15, 0.2) is 0 Å². The third-order valence-corrected chi connectivity index (χ3v) is 3.28. The minimum Gasteiger partial charge on any atom is -0.376 e. The third kappa shape index (κ3) is 3.22. The van der Waals surface area contributed by atoms with Gasteiger partial charge in [-0.25, -0.2) is 4.39 Å². The van der Waals surface area contributed by atoms with Crippen LogP contribution in [0.1, 0.15) is 17.2 Å². The minimum absolute atomic E-state index is 0.159. The van der Waals surface area contributed by atoms with Crippen molar-refractivity contribution in [1.82, 2.24) is 4.98 Å². The molecule has 3 N–H and O–H groups in total. The fourth-order valence-electron chi connectivity index (χ4n) is 1.90. The molecule has 1 atom stereocenters. The Morgan fingerprint density at radius 1 is 1.42 bits per heavy atom. The zero-order valence-corrected chi connectivity index (χ0v) is 11.3. The van der Waals surface area contributed by atoms with Gasteiger partial charge < -0.3 is 11.1 Å². The van der Waals surface area contributed by atoms with Gasteiger partial charge in [-0.05, 0) is 42.3 Å². The molecule has 1 unspecified atom stereocenters. The molecule has 1 aromatic heterocycles. The van der Waals surface area contributed by atoms with Crippen LogP contribution in [0.3, 0.4) is 0 Å². The molecule has 19 heavy (non-hydrogen) atoms. The van der Waals surface area contributed by atoms with Crippen LogP contribution in [0.5, 0.6) is 0 Å². The molecule has 0 aliphatic carbocycles. The standard InChI is InChI=1S/C14H15ClFN3/c1-9-4-5-18-8-11(9)14(7-17)19-13-6-10(16)2-3-12(13)15/h2-6,8,14,19H,7,17H2,1H3. The van der Waals surface area contributed by atoms with Crippen LogP contribution >= 0.6 is 11.6 Å². The van der Waals surface area contributed by atoms with Gasteiger partial charge in [0.2, 0.25) is 0 Å². The minimum atomic E-state index is -0.342. The quantitative estimate of drug-likeness (QED) is 0.903. The number of rotatable bonds is 4. The molecule has 0 bridgehead atoms. The molecule has 0 radical (unpaired) electrons. The van der Waals surface area contributed by atoms with Crippen LogP contribution in [0.15, 0.2) is 36.7 Å². The highest BCUT2D eigenvalue weighted by molar-refractivity contribution is 6.33. The molecule has 0 spiro atoms. The lowest BCUT2D eigenvalue weighted by Gasteiger charge is -2.20. The summed E-state index contributed by atoms with van der Waals surface area (Å²) < 4.78 is 13.2. The molecule has 0 aliphatic heterocycles. The molecule has 0 amide bonds. The number of aryl methyl sites for hydroxylation is 1. The van der Waals surface area contributed by atoms with E-state index in [0.29, 0.717) is 17.3 Å². The number of nitrogens with two attached hydrogens (primary N) is 1. The van der Waals surface area contributed by atoms with Crippen molar-refractivity contribution in [3.63, 3.8) is 0 Å². The fraction of sp³-hybridized carbons (Fsp3) is 0.214. The van der Waals surface area contributed by atoms with Crippen LogP contribution < -0.4 is 11.1 Å². The van der Waals surface area contributed by atoms with E-state index in [4.69, 9.17) is 17.3 Å². The van der Waals surface area contributed by atoms with Gasteiger partial charge in [-0.3, -0.25) is 4.98 Å². The van der Waals surface area contributed by atoms with Gasteiger partial charge in [0.05, 0.1) is 16.8 Å². The lowest BCUT2D eigenvalue weighted by atomic mass is 10.0. The zero-order valence-electron chi connectivity index (χ0n) is 10.5. The van der Waals surface area contributed by atoms with Crippen LogP contribution in [0.4, 0.5) is 10.1 Å². The lowest BCUT2D eigenvalue weighted by Crippen LogP contribution is -2.21. The van der Waals surface area contributed by atoms with Crippen molar-refractivity contribution in [1.29, 1.82) is 0 Å². The van der Waals surface area contributed by atoms with E-state index in [9.17, 15) is 4.39 Å². The van der Waals surface area contributed by atoms with Crippen molar-refractivity contribution in [2.45, 2.75) is 13.0 Å². The molecular weight excluding hydrogens is 265 g/mol. The van der Waals surface area contributed by atoms with Gasteiger partial charge in [-0.15, -0.1) is 0 Å². The van der Waals surface area contributed by atoms with Gasteiger partial charge in [0.1, 0.15) is 5.82 Å². The molecule has 0 saturated heterocycles. The maximum Gasteiger partial charge on any atom is 0.125 e. The van der Waals surface area contributed by atoms with E-state index in [-0.39, 0.29) is 11.9 Å². The van der Waals surface area contributed by atoms with E-state index in [1.807, 2.05) is 13.0 Å². The van der Waals surface area contributed by atoms with E-state index in [0.717, 1.165) is 11.1 Å². The first-order valence-corrected chi connectivity index (χ1v) is 6.31. The third-order valence-electron chi connectivity index (χ3n) is 2.95. The first-order chi connectivity index (χ1) is 9.11. The number of anilines is 1. The van der Waals surface area contributed by atoms with Gasteiger partial charge in [0.25, 0.3) is 0 Å². The van der Waals surface area contributed by atoms with E-state index >= 15 is 0 Å². The monoisotopic (exact) mass is 279 g/mol. The first kappa shape index (κ1) is 13.8.